The Bertz CT molecular complexity index is 847. The molecule has 1 aliphatic rings. The van der Waals surface area contributed by atoms with Gasteiger partial charge in [-0.05, 0) is 38.3 Å². The van der Waals surface area contributed by atoms with E-state index in [1.807, 2.05) is 51.1 Å². The number of benzene rings is 1. The molecule has 6 nitrogen and oxygen atoms in total. The molecule has 0 radical (unpaired) electrons. The third-order valence-electron chi connectivity index (χ3n) is 4.60. The second-order valence-electron chi connectivity index (χ2n) is 7.35. The molecule has 1 aromatic carbocycles. The monoisotopic (exact) mass is 374 g/mol. The van der Waals surface area contributed by atoms with Crippen LogP contribution in [-0.2, 0) is 11.3 Å². The number of hydrogen-bond acceptors (Lipinski definition) is 3. The first-order chi connectivity index (χ1) is 12.2. The Balaban J connectivity index is 1.89. The molecule has 7 heteroatoms. The van der Waals surface area contributed by atoms with Crippen LogP contribution in [0.4, 0.5) is 4.79 Å². The van der Waals surface area contributed by atoms with Crippen LogP contribution in [0.2, 0.25) is 5.15 Å². The van der Waals surface area contributed by atoms with Crippen molar-refractivity contribution >= 4 is 23.5 Å². The number of nitrogens with one attached hydrogen (secondary N) is 1. The maximum absolute atomic E-state index is 12.8. The van der Waals surface area contributed by atoms with E-state index >= 15 is 0 Å². The normalized spacial score (nSPS) is 20.2. The SMILES string of the molecule is Cc1nn(-c2ccccc2)c(Cl)c1CN1C(=O)NC(C)(CC(C)C)C1=O. The van der Waals surface area contributed by atoms with Gasteiger partial charge in [0.1, 0.15) is 10.7 Å². The van der Waals surface area contributed by atoms with Gasteiger partial charge in [0.25, 0.3) is 5.91 Å². The zero-order valence-corrected chi connectivity index (χ0v) is 16.2. The van der Waals surface area contributed by atoms with Gasteiger partial charge in [-0.3, -0.25) is 9.69 Å². The first-order valence-electron chi connectivity index (χ1n) is 8.66. The molecule has 1 aromatic heterocycles. The number of carbonyl (C=O) groups excluding carboxylic acids is 2. The fourth-order valence-electron chi connectivity index (χ4n) is 3.45. The smallest absolute Gasteiger partial charge is 0.323 e. The molecule has 1 aliphatic heterocycles. The van der Waals surface area contributed by atoms with Gasteiger partial charge >= 0.3 is 6.03 Å². The predicted octanol–water partition coefficient (Wildman–Crippen LogP) is 3.69. The van der Waals surface area contributed by atoms with Gasteiger partial charge in [0.2, 0.25) is 0 Å². The van der Waals surface area contributed by atoms with Crippen molar-refractivity contribution in [3.8, 4) is 5.69 Å². The topological polar surface area (TPSA) is 67.2 Å². The average Bonchev–Trinajstić information content (AvgIpc) is 2.96. The van der Waals surface area contributed by atoms with Crippen LogP contribution in [-0.4, -0.2) is 32.2 Å². The Morgan fingerprint density at radius 3 is 2.50 bits per heavy atom. The lowest BCUT2D eigenvalue weighted by Gasteiger charge is -2.23. The predicted molar refractivity (Wildman–Crippen MR) is 100 cm³/mol. The molecule has 1 fully saturated rings. The van der Waals surface area contributed by atoms with Crippen LogP contribution in [0.3, 0.4) is 0 Å². The van der Waals surface area contributed by atoms with Crippen LogP contribution >= 0.6 is 11.6 Å². The quantitative estimate of drug-likeness (QED) is 0.811. The number of aromatic nitrogens is 2. The summed E-state index contributed by atoms with van der Waals surface area (Å²) in [6.07, 6.45) is 0.587. The summed E-state index contributed by atoms with van der Waals surface area (Å²) in [5, 5.41) is 7.71. The van der Waals surface area contributed by atoms with Crippen molar-refractivity contribution in [1.82, 2.24) is 20.0 Å². The van der Waals surface area contributed by atoms with E-state index in [4.69, 9.17) is 11.6 Å². The number of amides is 3. The van der Waals surface area contributed by atoms with Crippen molar-refractivity contribution in [2.75, 3.05) is 0 Å². The van der Waals surface area contributed by atoms with Crippen LogP contribution < -0.4 is 5.32 Å². The molecule has 0 bridgehead atoms. The molecule has 0 aliphatic carbocycles. The molecule has 0 saturated carbocycles. The number of hydrogen-bond donors (Lipinski definition) is 1. The Morgan fingerprint density at radius 2 is 1.88 bits per heavy atom. The minimum absolute atomic E-state index is 0.107. The molecule has 26 heavy (non-hydrogen) atoms. The highest BCUT2D eigenvalue weighted by molar-refractivity contribution is 6.30. The highest BCUT2D eigenvalue weighted by atomic mass is 35.5. The molecule has 1 unspecified atom stereocenters. The Hall–Kier alpha value is -2.34. The maximum Gasteiger partial charge on any atom is 0.325 e. The highest BCUT2D eigenvalue weighted by Gasteiger charge is 2.48. The van der Waals surface area contributed by atoms with Crippen LogP contribution in [0.15, 0.2) is 30.3 Å². The zero-order chi connectivity index (χ0) is 19.1. The van der Waals surface area contributed by atoms with Crippen LogP contribution in [0, 0.1) is 12.8 Å². The van der Waals surface area contributed by atoms with Gasteiger partial charge in [-0.25, -0.2) is 9.48 Å². The Labute approximate surface area is 158 Å². The number of imide groups is 1. The molecule has 2 aromatic rings. The third kappa shape index (κ3) is 3.21. The molecule has 1 N–H and O–H groups in total. The van der Waals surface area contributed by atoms with E-state index < -0.39 is 5.54 Å². The van der Waals surface area contributed by atoms with Gasteiger partial charge < -0.3 is 5.32 Å². The van der Waals surface area contributed by atoms with Crippen molar-refractivity contribution in [1.29, 1.82) is 0 Å². The third-order valence-corrected chi connectivity index (χ3v) is 4.99. The summed E-state index contributed by atoms with van der Waals surface area (Å²) in [4.78, 5) is 26.5. The molecule has 2 heterocycles. The van der Waals surface area contributed by atoms with Crippen molar-refractivity contribution in [2.45, 2.75) is 46.2 Å². The molecular weight excluding hydrogens is 352 g/mol. The Kier molecular flexibility index (Phi) is 4.80. The lowest BCUT2D eigenvalue weighted by molar-refractivity contribution is -0.131. The molecule has 0 spiro atoms. The minimum atomic E-state index is -0.874. The first kappa shape index (κ1) is 18.5. The van der Waals surface area contributed by atoms with Gasteiger partial charge in [-0.15, -0.1) is 0 Å². The number of aryl methyl sites for hydroxylation is 1. The number of halogens is 1. The lowest BCUT2D eigenvalue weighted by atomic mass is 9.91. The number of para-hydroxylation sites is 1. The summed E-state index contributed by atoms with van der Waals surface area (Å²) in [6, 6.07) is 9.12. The molecule has 138 valence electrons. The summed E-state index contributed by atoms with van der Waals surface area (Å²) in [5.41, 5.74) is 1.32. The minimum Gasteiger partial charge on any atom is -0.323 e. The second-order valence-corrected chi connectivity index (χ2v) is 7.71. The van der Waals surface area contributed by atoms with Crippen molar-refractivity contribution < 1.29 is 9.59 Å². The summed E-state index contributed by atoms with van der Waals surface area (Å²) in [7, 11) is 0. The van der Waals surface area contributed by atoms with E-state index in [0.717, 1.165) is 5.69 Å². The molecular formula is C19H23ClN4O2. The zero-order valence-electron chi connectivity index (χ0n) is 15.4. The summed E-state index contributed by atoms with van der Waals surface area (Å²) in [5.74, 6) is 0.0643. The van der Waals surface area contributed by atoms with E-state index in [2.05, 4.69) is 10.4 Å². The fraction of sp³-hybridized carbons (Fsp3) is 0.421. The Morgan fingerprint density at radius 1 is 1.23 bits per heavy atom. The number of nitrogens with zero attached hydrogens (tertiary/aromatic N) is 3. The van der Waals surface area contributed by atoms with E-state index in [9.17, 15) is 9.59 Å². The highest BCUT2D eigenvalue weighted by Crippen LogP contribution is 2.29. The first-order valence-corrected chi connectivity index (χ1v) is 9.04. The van der Waals surface area contributed by atoms with Gasteiger partial charge in [0.05, 0.1) is 17.9 Å². The van der Waals surface area contributed by atoms with Crippen LogP contribution in [0.1, 0.15) is 38.4 Å². The summed E-state index contributed by atoms with van der Waals surface area (Å²) < 4.78 is 1.62. The molecule has 1 atom stereocenters. The standard InChI is InChI=1S/C19H23ClN4O2/c1-12(2)10-19(4)17(25)23(18(26)21-19)11-15-13(3)22-24(16(15)20)14-8-6-5-7-9-14/h5-9,12H,10-11H2,1-4H3,(H,21,26). The van der Waals surface area contributed by atoms with Crippen LogP contribution in [0.5, 0.6) is 0 Å². The van der Waals surface area contributed by atoms with Gasteiger partial charge in [0.15, 0.2) is 0 Å². The number of rotatable bonds is 5. The molecule has 3 amide bonds. The van der Waals surface area contributed by atoms with Crippen molar-refractivity contribution in [3.63, 3.8) is 0 Å². The van der Waals surface area contributed by atoms with E-state index in [1.165, 1.54) is 4.90 Å². The van der Waals surface area contributed by atoms with Gasteiger partial charge in [-0.1, -0.05) is 43.6 Å². The molecule has 1 saturated heterocycles. The van der Waals surface area contributed by atoms with E-state index in [-0.39, 0.29) is 24.4 Å². The second kappa shape index (κ2) is 6.76. The number of carbonyl (C=O) groups is 2. The van der Waals surface area contributed by atoms with E-state index in [0.29, 0.717) is 22.8 Å². The van der Waals surface area contributed by atoms with E-state index in [1.54, 1.807) is 11.6 Å². The van der Waals surface area contributed by atoms with Crippen LogP contribution in [0.25, 0.3) is 5.69 Å². The maximum atomic E-state index is 12.8. The van der Waals surface area contributed by atoms with Gasteiger partial charge in [-0.2, -0.15) is 5.10 Å². The molecule has 3 rings (SSSR count). The van der Waals surface area contributed by atoms with Gasteiger partial charge in [0, 0.05) is 5.56 Å². The van der Waals surface area contributed by atoms with Crippen molar-refractivity contribution in [3.05, 3.63) is 46.7 Å². The summed E-state index contributed by atoms with van der Waals surface area (Å²) in [6.45, 7) is 7.76. The number of urea groups is 1. The fourth-order valence-corrected chi connectivity index (χ4v) is 3.79. The largest absolute Gasteiger partial charge is 0.325 e. The lowest BCUT2D eigenvalue weighted by Crippen LogP contribution is -2.44. The average molecular weight is 375 g/mol. The van der Waals surface area contributed by atoms with Crippen molar-refractivity contribution in [2.24, 2.45) is 5.92 Å². The summed E-state index contributed by atoms with van der Waals surface area (Å²) >= 11 is 6.52.